The van der Waals surface area contributed by atoms with Crippen molar-refractivity contribution in [3.8, 4) is 0 Å². The molecule has 0 unspecified atom stereocenters. The molecule has 0 nitrogen and oxygen atoms in total. The van der Waals surface area contributed by atoms with Gasteiger partial charge in [0.25, 0.3) is 0 Å². The van der Waals surface area contributed by atoms with Gasteiger partial charge in [0, 0.05) is 32.7 Å². The second-order valence-electron chi connectivity index (χ2n) is 0. The van der Waals surface area contributed by atoms with Crippen molar-refractivity contribution in [2.75, 3.05) is 0 Å². The molecule has 0 N–H and O–H groups in total. The van der Waals surface area contributed by atoms with Crippen LogP contribution >= 0.6 is 0 Å². The second-order valence-corrected chi connectivity index (χ2v) is 0. The van der Waals surface area contributed by atoms with E-state index in [2.05, 4.69) is 0 Å². The van der Waals surface area contributed by atoms with E-state index in [1.165, 1.54) is 0 Å². The SMILES string of the molecule is C.CC.[CH3-].[Y]. The van der Waals surface area contributed by atoms with Crippen LogP contribution in [0.4, 0.5) is 0 Å². The standard InChI is InChI=1S/C2H6.CH4.CH3.Y/c1-2;;;/h1-2H3;1H4;1H3;/q;;-1;. The fraction of sp³-hybridized carbons (Fsp3) is 0.750. The summed E-state index contributed by atoms with van der Waals surface area (Å²) in [5, 5.41) is 0. The van der Waals surface area contributed by atoms with Gasteiger partial charge in [0.15, 0.2) is 0 Å². The van der Waals surface area contributed by atoms with Gasteiger partial charge >= 0.3 is 0 Å². The first kappa shape index (κ1) is 35.9. The van der Waals surface area contributed by atoms with Gasteiger partial charge in [0.1, 0.15) is 0 Å². The molecule has 33 valence electrons. The van der Waals surface area contributed by atoms with Crippen LogP contribution in [0.15, 0.2) is 0 Å². The van der Waals surface area contributed by atoms with E-state index in [1.54, 1.807) is 0 Å². The minimum absolute atomic E-state index is 0. The molecule has 0 amide bonds. The van der Waals surface area contributed by atoms with Crippen molar-refractivity contribution in [2.24, 2.45) is 0 Å². The molecule has 0 aliphatic rings. The first-order valence-electron chi connectivity index (χ1n) is 1.00. The van der Waals surface area contributed by atoms with Crippen molar-refractivity contribution in [3.05, 3.63) is 7.43 Å². The largest absolute Gasteiger partial charge is 0.358 e. The van der Waals surface area contributed by atoms with Gasteiger partial charge in [-0.05, 0) is 0 Å². The minimum atomic E-state index is 0. The van der Waals surface area contributed by atoms with E-state index in [-0.39, 0.29) is 47.6 Å². The molecule has 1 radical (unpaired) electrons. The molecular formula is C4H13Y-. The molecule has 0 spiro atoms. The normalized spacial score (nSPS) is 1.20. The molecule has 0 rings (SSSR count). The van der Waals surface area contributed by atoms with Gasteiger partial charge in [-0.15, -0.1) is 0 Å². The Bertz CT molecular complexity index is 3.61. The van der Waals surface area contributed by atoms with Gasteiger partial charge in [0.2, 0.25) is 0 Å². The van der Waals surface area contributed by atoms with E-state index in [0.29, 0.717) is 0 Å². The zero-order valence-electron chi connectivity index (χ0n) is 3.58. The first-order chi connectivity index (χ1) is 1.00. The van der Waals surface area contributed by atoms with Crippen LogP contribution in [0, 0.1) is 7.43 Å². The molecule has 0 aromatic carbocycles. The average molecular weight is 150 g/mol. The van der Waals surface area contributed by atoms with E-state index in [0.717, 1.165) is 0 Å². The fourth-order valence-electron chi connectivity index (χ4n) is 0. The Hall–Kier alpha value is 1.10. The Kier molecular flexibility index (Phi) is 507. The quantitative estimate of drug-likeness (QED) is 0.464. The van der Waals surface area contributed by atoms with Gasteiger partial charge in [-0.1, -0.05) is 21.3 Å². The Morgan fingerprint density at radius 2 is 1.00 bits per heavy atom. The first-order valence-corrected chi connectivity index (χ1v) is 1.00. The van der Waals surface area contributed by atoms with Crippen LogP contribution in [0.2, 0.25) is 0 Å². The minimum Gasteiger partial charge on any atom is -0.358 e. The summed E-state index contributed by atoms with van der Waals surface area (Å²) in [5.74, 6) is 0. The maximum Gasteiger partial charge on any atom is 0 e. The van der Waals surface area contributed by atoms with Crippen LogP contribution in [0.5, 0.6) is 0 Å². The summed E-state index contributed by atoms with van der Waals surface area (Å²) in [6, 6.07) is 0. The monoisotopic (exact) mass is 150 g/mol. The summed E-state index contributed by atoms with van der Waals surface area (Å²) in [7, 11) is 0. The van der Waals surface area contributed by atoms with Gasteiger partial charge in [-0.2, -0.15) is 0 Å². The van der Waals surface area contributed by atoms with Crippen molar-refractivity contribution < 1.29 is 32.7 Å². The molecule has 0 saturated carbocycles. The van der Waals surface area contributed by atoms with E-state index >= 15 is 0 Å². The zero-order chi connectivity index (χ0) is 2.00. The van der Waals surface area contributed by atoms with Gasteiger partial charge < -0.3 is 7.43 Å². The number of hydrogen-bond acceptors (Lipinski definition) is 0. The Morgan fingerprint density at radius 3 is 1.00 bits per heavy atom. The van der Waals surface area contributed by atoms with E-state index in [1.807, 2.05) is 13.8 Å². The predicted octanol–water partition coefficient (Wildman–Crippen LogP) is 2.11. The number of hydrogen-bond donors (Lipinski definition) is 0. The van der Waals surface area contributed by atoms with E-state index in [4.69, 9.17) is 0 Å². The molecule has 0 atom stereocenters. The molecule has 0 heterocycles. The third kappa shape index (κ3) is 40.4. The third-order valence-corrected chi connectivity index (χ3v) is 0. The fourth-order valence-corrected chi connectivity index (χ4v) is 0. The molecule has 0 fully saturated rings. The third-order valence-electron chi connectivity index (χ3n) is 0. The molecule has 1 heteroatoms. The van der Waals surface area contributed by atoms with Crippen LogP contribution in [0.3, 0.4) is 0 Å². The maximum absolute atomic E-state index is 2.00. The van der Waals surface area contributed by atoms with Crippen molar-refractivity contribution in [1.29, 1.82) is 0 Å². The molecule has 0 aromatic heterocycles. The van der Waals surface area contributed by atoms with Crippen molar-refractivity contribution in [2.45, 2.75) is 21.3 Å². The summed E-state index contributed by atoms with van der Waals surface area (Å²) in [4.78, 5) is 0. The van der Waals surface area contributed by atoms with Crippen molar-refractivity contribution in [1.82, 2.24) is 0 Å². The van der Waals surface area contributed by atoms with Gasteiger partial charge in [-0.3, -0.25) is 0 Å². The molecule has 0 bridgehead atoms. The summed E-state index contributed by atoms with van der Waals surface area (Å²) < 4.78 is 0. The summed E-state index contributed by atoms with van der Waals surface area (Å²) in [6.07, 6.45) is 0. The molecule has 0 aliphatic heterocycles. The Labute approximate surface area is 61.2 Å². The zero-order valence-corrected chi connectivity index (χ0v) is 6.42. The summed E-state index contributed by atoms with van der Waals surface area (Å²) in [6.45, 7) is 4.00. The average Bonchev–Trinajstić information content (AvgIpc) is 1.00. The second kappa shape index (κ2) is 70.5. The van der Waals surface area contributed by atoms with Crippen LogP contribution in [0.25, 0.3) is 0 Å². The van der Waals surface area contributed by atoms with E-state index in [9.17, 15) is 0 Å². The van der Waals surface area contributed by atoms with Crippen LogP contribution < -0.4 is 0 Å². The predicted molar refractivity (Wildman–Crippen MR) is 24.5 cm³/mol. The maximum atomic E-state index is 2.00. The summed E-state index contributed by atoms with van der Waals surface area (Å²) >= 11 is 0. The van der Waals surface area contributed by atoms with Crippen LogP contribution in [-0.2, 0) is 32.7 Å². The Morgan fingerprint density at radius 1 is 1.00 bits per heavy atom. The molecule has 0 aliphatic carbocycles. The van der Waals surface area contributed by atoms with Gasteiger partial charge in [0.05, 0.1) is 0 Å². The topological polar surface area (TPSA) is 0 Å². The number of rotatable bonds is 0. The summed E-state index contributed by atoms with van der Waals surface area (Å²) in [5.41, 5.74) is 0. The van der Waals surface area contributed by atoms with Crippen LogP contribution in [-0.4, -0.2) is 0 Å². The van der Waals surface area contributed by atoms with Crippen molar-refractivity contribution >= 4 is 0 Å². The Balaban J connectivity index is -0.00000000167. The molecular weight excluding hydrogens is 137 g/mol. The van der Waals surface area contributed by atoms with Crippen LogP contribution in [0.1, 0.15) is 21.3 Å². The smallest absolute Gasteiger partial charge is 0 e. The molecule has 5 heavy (non-hydrogen) atoms. The van der Waals surface area contributed by atoms with Crippen molar-refractivity contribution in [3.63, 3.8) is 0 Å². The van der Waals surface area contributed by atoms with Gasteiger partial charge in [-0.25, -0.2) is 0 Å². The molecule has 0 aromatic rings. The van der Waals surface area contributed by atoms with E-state index < -0.39 is 0 Å². The molecule has 0 saturated heterocycles.